The number of unbranched alkanes of at least 4 members (excludes halogenated alkanes) is 9. The van der Waals surface area contributed by atoms with Crippen LogP contribution in [0.2, 0.25) is 0 Å². The summed E-state index contributed by atoms with van der Waals surface area (Å²) in [5.74, 6) is 3.58. The SMILES string of the molecule is CCCCCCCCCCCC[S+]1CC(=O)c2ccccc2C1.S. The van der Waals surface area contributed by atoms with Crippen LogP contribution in [-0.2, 0) is 16.6 Å². The van der Waals surface area contributed by atoms with Gasteiger partial charge in [-0.15, -0.1) is 0 Å². The van der Waals surface area contributed by atoms with Gasteiger partial charge in [0.25, 0.3) is 0 Å². The van der Waals surface area contributed by atoms with E-state index in [-0.39, 0.29) is 13.5 Å². The Hall–Kier alpha value is -0.410. The van der Waals surface area contributed by atoms with E-state index >= 15 is 0 Å². The summed E-state index contributed by atoms with van der Waals surface area (Å²) >= 11 is 0. The molecular weight excluding hydrogens is 332 g/mol. The lowest BCUT2D eigenvalue weighted by molar-refractivity contribution is 0.102. The first-order valence-electron chi connectivity index (χ1n) is 9.56. The fourth-order valence-electron chi connectivity index (χ4n) is 3.39. The number of hydrogen-bond acceptors (Lipinski definition) is 1. The van der Waals surface area contributed by atoms with Crippen molar-refractivity contribution in [3.63, 3.8) is 0 Å². The molecule has 0 amide bonds. The van der Waals surface area contributed by atoms with Crippen LogP contribution in [0.1, 0.15) is 87.1 Å². The average Bonchev–Trinajstić information content (AvgIpc) is 2.57. The molecule has 0 aliphatic carbocycles. The Kier molecular flexibility index (Phi) is 11.6. The van der Waals surface area contributed by atoms with Crippen LogP contribution in [0.25, 0.3) is 0 Å². The first-order valence-corrected chi connectivity index (χ1v) is 11.3. The van der Waals surface area contributed by atoms with E-state index in [1.54, 1.807) is 0 Å². The number of carbonyl (C=O) groups excluding carboxylic acids is 1. The van der Waals surface area contributed by atoms with Crippen LogP contribution in [0.3, 0.4) is 0 Å². The summed E-state index contributed by atoms with van der Waals surface area (Å²) in [6.45, 7) is 2.28. The molecule has 0 aromatic heterocycles. The van der Waals surface area contributed by atoms with Gasteiger partial charge in [-0.05, 0) is 23.7 Å². The van der Waals surface area contributed by atoms with Crippen LogP contribution < -0.4 is 0 Å². The largest absolute Gasteiger partial charge is 0.289 e. The molecule has 0 bridgehead atoms. The Labute approximate surface area is 158 Å². The number of fused-ring (bicyclic) bond motifs is 1. The van der Waals surface area contributed by atoms with Crippen molar-refractivity contribution in [1.82, 2.24) is 0 Å². The maximum absolute atomic E-state index is 12.2. The van der Waals surface area contributed by atoms with Gasteiger partial charge in [-0.3, -0.25) is 4.79 Å². The van der Waals surface area contributed by atoms with Crippen molar-refractivity contribution in [2.24, 2.45) is 0 Å². The zero-order chi connectivity index (χ0) is 16.3. The number of benzene rings is 1. The Morgan fingerprint density at radius 2 is 1.42 bits per heavy atom. The minimum atomic E-state index is 0. The molecule has 1 aromatic carbocycles. The highest BCUT2D eigenvalue weighted by molar-refractivity contribution is 7.96. The number of carbonyl (C=O) groups is 1. The molecule has 2 rings (SSSR count). The molecule has 0 saturated carbocycles. The van der Waals surface area contributed by atoms with E-state index in [0.29, 0.717) is 16.7 Å². The normalized spacial score (nSPS) is 16.5. The molecule has 0 N–H and O–H groups in total. The average molecular weight is 368 g/mol. The summed E-state index contributed by atoms with van der Waals surface area (Å²) in [7, 11) is 0.302. The van der Waals surface area contributed by atoms with Crippen molar-refractivity contribution in [3.05, 3.63) is 35.4 Å². The molecule has 1 aromatic rings. The highest BCUT2D eigenvalue weighted by atomic mass is 32.2. The summed E-state index contributed by atoms with van der Waals surface area (Å²) in [6, 6.07) is 8.20. The van der Waals surface area contributed by atoms with Gasteiger partial charge in [-0.1, -0.05) is 82.6 Å². The summed E-state index contributed by atoms with van der Waals surface area (Å²) in [5, 5.41) is 0. The summed E-state index contributed by atoms with van der Waals surface area (Å²) in [6.07, 6.45) is 13.9. The molecule has 1 aliphatic rings. The van der Waals surface area contributed by atoms with E-state index in [1.165, 1.54) is 75.5 Å². The van der Waals surface area contributed by atoms with E-state index in [0.717, 1.165) is 17.1 Å². The van der Waals surface area contributed by atoms with E-state index in [4.69, 9.17) is 0 Å². The molecular formula is C21H35OS2+. The van der Waals surface area contributed by atoms with Gasteiger partial charge in [0.15, 0.2) is 5.75 Å². The lowest BCUT2D eigenvalue weighted by atomic mass is 10.1. The van der Waals surface area contributed by atoms with Crippen molar-refractivity contribution in [2.45, 2.75) is 76.9 Å². The quantitative estimate of drug-likeness (QED) is 0.344. The summed E-state index contributed by atoms with van der Waals surface area (Å²) in [5.41, 5.74) is 2.28. The Morgan fingerprint density at radius 1 is 0.833 bits per heavy atom. The third-order valence-corrected chi connectivity index (χ3v) is 7.05. The Bertz CT molecular complexity index is 473. The summed E-state index contributed by atoms with van der Waals surface area (Å²) in [4.78, 5) is 12.2. The van der Waals surface area contributed by atoms with Crippen LogP contribution >= 0.6 is 13.5 Å². The van der Waals surface area contributed by atoms with Gasteiger partial charge < -0.3 is 0 Å². The van der Waals surface area contributed by atoms with Gasteiger partial charge in [0.2, 0.25) is 5.78 Å². The monoisotopic (exact) mass is 367 g/mol. The number of hydrogen-bond donors (Lipinski definition) is 0. The second-order valence-electron chi connectivity index (χ2n) is 6.87. The molecule has 1 heterocycles. The molecule has 1 unspecified atom stereocenters. The molecule has 0 saturated heterocycles. The van der Waals surface area contributed by atoms with Gasteiger partial charge >= 0.3 is 0 Å². The molecule has 1 aliphatic heterocycles. The second-order valence-corrected chi connectivity index (χ2v) is 9.08. The molecule has 1 atom stereocenters. The molecule has 136 valence electrons. The summed E-state index contributed by atoms with van der Waals surface area (Å²) < 4.78 is 0. The lowest BCUT2D eigenvalue weighted by Crippen LogP contribution is -2.27. The topological polar surface area (TPSA) is 17.1 Å². The van der Waals surface area contributed by atoms with Crippen molar-refractivity contribution in [3.8, 4) is 0 Å². The zero-order valence-electron chi connectivity index (χ0n) is 15.3. The van der Waals surface area contributed by atoms with Gasteiger partial charge in [-0.2, -0.15) is 13.5 Å². The molecule has 1 nitrogen and oxygen atoms in total. The highest BCUT2D eigenvalue weighted by Crippen LogP contribution is 2.23. The molecule has 0 spiro atoms. The van der Waals surface area contributed by atoms with Crippen molar-refractivity contribution in [1.29, 1.82) is 0 Å². The van der Waals surface area contributed by atoms with Crippen LogP contribution in [0, 0.1) is 0 Å². The van der Waals surface area contributed by atoms with E-state index in [9.17, 15) is 4.79 Å². The highest BCUT2D eigenvalue weighted by Gasteiger charge is 2.31. The van der Waals surface area contributed by atoms with Crippen molar-refractivity contribution >= 4 is 30.2 Å². The van der Waals surface area contributed by atoms with Crippen molar-refractivity contribution < 1.29 is 4.79 Å². The van der Waals surface area contributed by atoms with Crippen LogP contribution in [0.15, 0.2) is 24.3 Å². The molecule has 24 heavy (non-hydrogen) atoms. The second kappa shape index (κ2) is 12.9. The lowest BCUT2D eigenvalue weighted by Gasteiger charge is -2.16. The van der Waals surface area contributed by atoms with Gasteiger partial charge in [0.1, 0.15) is 11.5 Å². The molecule has 0 radical (unpaired) electrons. The van der Waals surface area contributed by atoms with E-state index in [2.05, 4.69) is 19.1 Å². The fraction of sp³-hybridized carbons (Fsp3) is 0.667. The predicted molar refractivity (Wildman–Crippen MR) is 114 cm³/mol. The molecule has 3 heteroatoms. The minimum absolute atomic E-state index is 0. The number of rotatable bonds is 11. The first-order chi connectivity index (χ1) is 11.3. The van der Waals surface area contributed by atoms with Gasteiger partial charge in [0, 0.05) is 11.1 Å². The van der Waals surface area contributed by atoms with E-state index in [1.807, 2.05) is 12.1 Å². The standard InChI is InChI=1S/C21H33OS.H2S/c1-2-3-4-5-6-7-8-9-10-13-16-23-17-19-14-11-12-15-20(19)21(22)18-23;/h11-12,14-15H,2-10,13,16-18H2,1H3;1H2/q+1;. The van der Waals surface area contributed by atoms with Crippen LogP contribution in [-0.4, -0.2) is 17.3 Å². The van der Waals surface area contributed by atoms with Gasteiger partial charge in [0.05, 0.1) is 0 Å². The molecule has 0 fully saturated rings. The van der Waals surface area contributed by atoms with E-state index < -0.39 is 0 Å². The predicted octanol–water partition coefficient (Wildman–Crippen LogP) is 6.03. The third-order valence-electron chi connectivity index (χ3n) is 4.80. The number of ketones is 1. The smallest absolute Gasteiger partial charge is 0.212 e. The van der Waals surface area contributed by atoms with Crippen molar-refractivity contribution in [2.75, 3.05) is 11.5 Å². The van der Waals surface area contributed by atoms with Gasteiger partial charge in [-0.25, -0.2) is 0 Å². The van der Waals surface area contributed by atoms with Crippen LogP contribution in [0.5, 0.6) is 0 Å². The maximum Gasteiger partial charge on any atom is 0.212 e. The Balaban J connectivity index is 0.00000288. The Morgan fingerprint density at radius 3 is 2.08 bits per heavy atom. The first kappa shape index (κ1) is 21.6. The third kappa shape index (κ3) is 7.65. The maximum atomic E-state index is 12.2. The zero-order valence-corrected chi connectivity index (χ0v) is 17.1. The minimum Gasteiger partial charge on any atom is -0.289 e. The number of Topliss-reactive ketones (excluding diaryl/α,β-unsaturated/α-hetero) is 1. The fourth-order valence-corrected chi connectivity index (χ4v) is 5.61. The van der Waals surface area contributed by atoms with Crippen LogP contribution in [0.4, 0.5) is 0 Å².